The molecule has 1 N–H and O–H groups in total. The molecule has 5 nitrogen and oxygen atoms in total. The van der Waals surface area contributed by atoms with E-state index in [-0.39, 0.29) is 17.9 Å². The number of anilines is 1. The van der Waals surface area contributed by atoms with E-state index in [0.717, 1.165) is 11.1 Å². The zero-order valence-electron chi connectivity index (χ0n) is 12.8. The van der Waals surface area contributed by atoms with Crippen LogP contribution in [0.25, 0.3) is 0 Å². The summed E-state index contributed by atoms with van der Waals surface area (Å²) in [6.07, 6.45) is 0.879. The van der Waals surface area contributed by atoms with E-state index < -0.39 is 21.8 Å². The number of carbonyl (C=O) groups is 1. The Balaban J connectivity index is 1.87. The molecule has 0 unspecified atom stereocenters. The lowest BCUT2D eigenvalue weighted by Crippen LogP contribution is -2.29. The first-order chi connectivity index (χ1) is 11.4. The quantitative estimate of drug-likeness (QED) is 0.900. The minimum atomic E-state index is -3.77. The van der Waals surface area contributed by atoms with E-state index >= 15 is 0 Å². The van der Waals surface area contributed by atoms with Gasteiger partial charge < -0.3 is 5.11 Å². The zero-order valence-corrected chi connectivity index (χ0v) is 13.6. The van der Waals surface area contributed by atoms with E-state index in [9.17, 15) is 17.6 Å². The number of hydrogen-bond acceptors (Lipinski definition) is 3. The van der Waals surface area contributed by atoms with Gasteiger partial charge in [0.05, 0.1) is 10.6 Å². The molecule has 7 heteroatoms. The van der Waals surface area contributed by atoms with Gasteiger partial charge in [-0.1, -0.05) is 18.2 Å². The van der Waals surface area contributed by atoms with Crippen LogP contribution in [0.4, 0.5) is 10.1 Å². The van der Waals surface area contributed by atoms with Crippen molar-refractivity contribution in [3.05, 3.63) is 59.4 Å². The average Bonchev–Trinajstić information content (AvgIpc) is 2.97. The first-order valence-electron chi connectivity index (χ1n) is 7.50. The van der Waals surface area contributed by atoms with Crippen molar-refractivity contribution in [1.82, 2.24) is 0 Å². The number of halogens is 1. The fraction of sp³-hybridized carbons (Fsp3) is 0.235. The Morgan fingerprint density at radius 3 is 2.54 bits per heavy atom. The normalized spacial score (nSPS) is 13.8. The van der Waals surface area contributed by atoms with Gasteiger partial charge in [0.1, 0.15) is 5.82 Å². The number of aryl methyl sites for hydroxylation is 1. The number of carboxylic acids is 1. The van der Waals surface area contributed by atoms with Crippen LogP contribution >= 0.6 is 0 Å². The van der Waals surface area contributed by atoms with Crippen LogP contribution in [0.15, 0.2) is 47.4 Å². The van der Waals surface area contributed by atoms with Crippen LogP contribution in [-0.4, -0.2) is 26.0 Å². The summed E-state index contributed by atoms with van der Waals surface area (Å²) in [6.45, 7) is 0.280. The molecule has 2 aromatic rings. The third-order valence-corrected chi connectivity index (χ3v) is 5.87. The molecule has 126 valence electrons. The minimum Gasteiger partial charge on any atom is -0.481 e. The molecule has 0 saturated heterocycles. The van der Waals surface area contributed by atoms with Crippen molar-refractivity contribution in [2.75, 3.05) is 10.8 Å². The van der Waals surface area contributed by atoms with Crippen molar-refractivity contribution in [2.24, 2.45) is 0 Å². The number of carboxylic acid groups (broad SMARTS) is 1. The summed E-state index contributed by atoms with van der Waals surface area (Å²) >= 11 is 0. The molecule has 2 aromatic carbocycles. The molecular weight excluding hydrogens is 333 g/mol. The van der Waals surface area contributed by atoms with Crippen molar-refractivity contribution >= 4 is 21.7 Å². The van der Waals surface area contributed by atoms with Crippen molar-refractivity contribution < 1.29 is 22.7 Å². The van der Waals surface area contributed by atoms with Crippen LogP contribution in [-0.2, 0) is 27.7 Å². The van der Waals surface area contributed by atoms with E-state index in [0.29, 0.717) is 18.5 Å². The molecule has 0 fully saturated rings. The van der Waals surface area contributed by atoms with Gasteiger partial charge in [-0.25, -0.2) is 12.8 Å². The van der Waals surface area contributed by atoms with Gasteiger partial charge in [0.25, 0.3) is 10.0 Å². The highest BCUT2D eigenvalue weighted by atomic mass is 32.2. The topological polar surface area (TPSA) is 74.7 Å². The number of hydrogen-bond donors (Lipinski definition) is 1. The summed E-state index contributed by atoms with van der Waals surface area (Å²) in [7, 11) is -3.77. The maximum Gasteiger partial charge on any atom is 0.303 e. The Labute approximate surface area is 139 Å². The molecular formula is C17H16FNO4S. The predicted molar refractivity (Wildman–Crippen MR) is 87.0 cm³/mol. The average molecular weight is 349 g/mol. The second kappa shape index (κ2) is 6.24. The monoisotopic (exact) mass is 349 g/mol. The Morgan fingerprint density at radius 2 is 1.88 bits per heavy atom. The highest BCUT2D eigenvalue weighted by Gasteiger charge is 2.31. The molecule has 0 aromatic heterocycles. The highest BCUT2D eigenvalue weighted by molar-refractivity contribution is 7.92. The summed E-state index contributed by atoms with van der Waals surface area (Å²) in [5.41, 5.74) is 1.94. The molecule has 0 saturated carbocycles. The van der Waals surface area contributed by atoms with Crippen molar-refractivity contribution in [3.63, 3.8) is 0 Å². The van der Waals surface area contributed by atoms with Gasteiger partial charge in [0, 0.05) is 13.0 Å². The lowest BCUT2D eigenvalue weighted by Gasteiger charge is -2.19. The van der Waals surface area contributed by atoms with Gasteiger partial charge in [0.15, 0.2) is 0 Å². The van der Waals surface area contributed by atoms with E-state index in [1.54, 1.807) is 18.2 Å². The first-order valence-corrected chi connectivity index (χ1v) is 8.94. The highest BCUT2D eigenvalue weighted by Crippen LogP contribution is 2.33. The van der Waals surface area contributed by atoms with E-state index in [1.807, 2.05) is 0 Å². The van der Waals surface area contributed by atoms with Crippen LogP contribution in [0, 0.1) is 5.82 Å². The molecule has 1 aliphatic heterocycles. The predicted octanol–water partition coefficient (Wildman–Crippen LogP) is 2.59. The molecule has 1 heterocycles. The molecule has 0 radical (unpaired) electrons. The maximum atomic E-state index is 13.5. The molecule has 0 aliphatic carbocycles. The molecule has 0 atom stereocenters. The van der Waals surface area contributed by atoms with Crippen LogP contribution in [0.5, 0.6) is 0 Å². The molecule has 1 aliphatic rings. The smallest absolute Gasteiger partial charge is 0.303 e. The maximum absolute atomic E-state index is 13.5. The van der Waals surface area contributed by atoms with E-state index in [1.165, 1.54) is 28.6 Å². The summed E-state index contributed by atoms with van der Waals surface area (Å²) < 4.78 is 40.3. The third kappa shape index (κ3) is 3.12. The Morgan fingerprint density at radius 1 is 1.17 bits per heavy atom. The number of benzene rings is 2. The zero-order chi connectivity index (χ0) is 17.3. The molecule has 24 heavy (non-hydrogen) atoms. The number of nitrogens with zero attached hydrogens (tertiary/aromatic N) is 1. The number of sulfonamides is 1. The lowest BCUT2D eigenvalue weighted by molar-refractivity contribution is -0.136. The SMILES string of the molecule is O=C(O)CCc1ccc(S(=O)(=O)N2CCc3ccc(F)cc32)cc1. The van der Waals surface area contributed by atoms with Gasteiger partial charge in [-0.2, -0.15) is 0 Å². The second-order valence-corrected chi connectivity index (χ2v) is 7.50. The van der Waals surface area contributed by atoms with Gasteiger partial charge in [-0.05, 0) is 48.2 Å². The largest absolute Gasteiger partial charge is 0.481 e. The van der Waals surface area contributed by atoms with Crippen molar-refractivity contribution in [1.29, 1.82) is 0 Å². The molecule has 3 rings (SSSR count). The van der Waals surface area contributed by atoms with Crippen molar-refractivity contribution in [2.45, 2.75) is 24.2 Å². The molecule has 0 bridgehead atoms. The number of rotatable bonds is 5. The minimum absolute atomic E-state index is 0.00905. The molecule has 0 spiro atoms. The summed E-state index contributed by atoms with van der Waals surface area (Å²) in [4.78, 5) is 10.7. The lowest BCUT2D eigenvalue weighted by atomic mass is 10.1. The van der Waals surface area contributed by atoms with Crippen LogP contribution in [0.2, 0.25) is 0 Å². The first kappa shape index (κ1) is 16.4. The van der Waals surface area contributed by atoms with Gasteiger partial charge in [-0.3, -0.25) is 9.10 Å². The van der Waals surface area contributed by atoms with Crippen molar-refractivity contribution in [3.8, 4) is 0 Å². The summed E-state index contributed by atoms with van der Waals surface area (Å²) in [5.74, 6) is -1.37. The summed E-state index contributed by atoms with van der Waals surface area (Å²) in [5, 5.41) is 8.68. The Bertz CT molecular complexity index is 878. The van der Waals surface area contributed by atoms with Gasteiger partial charge in [-0.15, -0.1) is 0 Å². The van der Waals surface area contributed by atoms with Crippen LogP contribution in [0.3, 0.4) is 0 Å². The Kier molecular flexibility index (Phi) is 4.28. The van der Waals surface area contributed by atoms with Crippen LogP contribution in [0.1, 0.15) is 17.5 Å². The fourth-order valence-electron chi connectivity index (χ4n) is 2.78. The van der Waals surface area contributed by atoms with Crippen LogP contribution < -0.4 is 4.31 Å². The van der Waals surface area contributed by atoms with Gasteiger partial charge >= 0.3 is 5.97 Å². The second-order valence-electron chi connectivity index (χ2n) is 5.64. The third-order valence-electron chi connectivity index (χ3n) is 4.04. The standard InChI is InChI=1S/C17H16FNO4S/c18-14-5-4-13-9-10-19(16(13)11-14)24(22,23)15-6-1-12(2-7-15)3-8-17(20)21/h1-2,4-7,11H,3,8-10H2,(H,20,21). The fourth-order valence-corrected chi connectivity index (χ4v) is 4.27. The molecule has 0 amide bonds. The Hall–Kier alpha value is -2.41. The van der Waals surface area contributed by atoms with Gasteiger partial charge in [0.2, 0.25) is 0 Å². The number of fused-ring (bicyclic) bond motifs is 1. The van der Waals surface area contributed by atoms with E-state index in [2.05, 4.69) is 0 Å². The summed E-state index contributed by atoms with van der Waals surface area (Å²) in [6, 6.07) is 10.3. The van der Waals surface area contributed by atoms with E-state index in [4.69, 9.17) is 5.11 Å². The number of aliphatic carboxylic acids is 1.